The number of urea groups is 1. The van der Waals surface area contributed by atoms with Gasteiger partial charge >= 0.3 is 6.03 Å². The van der Waals surface area contributed by atoms with Gasteiger partial charge in [0.25, 0.3) is 0 Å². The number of nitrogens with one attached hydrogen (secondary N) is 1. The highest BCUT2D eigenvalue weighted by Crippen LogP contribution is 2.32. The molecular weight excluding hydrogens is 340 g/mol. The van der Waals surface area contributed by atoms with Crippen LogP contribution >= 0.6 is 0 Å². The van der Waals surface area contributed by atoms with Gasteiger partial charge in [0.1, 0.15) is 5.82 Å². The second kappa shape index (κ2) is 9.20. The lowest BCUT2D eigenvalue weighted by Gasteiger charge is -2.36. The third kappa shape index (κ3) is 5.94. The summed E-state index contributed by atoms with van der Waals surface area (Å²) in [6, 6.07) is 3.50. The van der Waals surface area contributed by atoms with Crippen molar-refractivity contribution in [3.8, 4) is 0 Å². The lowest BCUT2D eigenvalue weighted by atomic mass is 9.80. The summed E-state index contributed by atoms with van der Waals surface area (Å²) < 4.78 is 0. The quantitative estimate of drug-likeness (QED) is 0.861. The molecule has 2 aliphatic rings. The van der Waals surface area contributed by atoms with Crippen molar-refractivity contribution in [1.82, 2.24) is 10.3 Å². The molecule has 2 fully saturated rings. The smallest absolute Gasteiger partial charge is 0.329 e. The minimum absolute atomic E-state index is 0.226. The zero-order chi connectivity index (χ0) is 20.0. The normalized spacial score (nSPS) is 18.7. The van der Waals surface area contributed by atoms with E-state index in [2.05, 4.69) is 36.0 Å². The van der Waals surface area contributed by atoms with Crippen molar-refractivity contribution in [3.05, 3.63) is 18.3 Å². The van der Waals surface area contributed by atoms with Gasteiger partial charge in [-0.15, -0.1) is 0 Å². The molecule has 6 heteroatoms. The van der Waals surface area contributed by atoms with Crippen LogP contribution in [-0.4, -0.2) is 36.6 Å². The van der Waals surface area contributed by atoms with E-state index in [1.165, 1.54) is 24.2 Å². The van der Waals surface area contributed by atoms with Crippen molar-refractivity contribution in [2.45, 2.75) is 60.3 Å². The summed E-state index contributed by atoms with van der Waals surface area (Å²) in [5.41, 5.74) is 1.50. The Bertz CT molecular complexity index is 629. The highest BCUT2D eigenvalue weighted by Gasteiger charge is 2.26. The van der Waals surface area contributed by atoms with Gasteiger partial charge in [-0.25, -0.2) is 9.78 Å². The number of carbonyl (C=O) groups is 2. The van der Waals surface area contributed by atoms with Gasteiger partial charge in [0.05, 0.1) is 11.9 Å². The molecule has 0 bridgehead atoms. The largest absolute Gasteiger partial charge is 0.370 e. The van der Waals surface area contributed by atoms with Crippen LogP contribution in [-0.2, 0) is 4.79 Å². The zero-order valence-corrected chi connectivity index (χ0v) is 17.4. The third-order valence-electron chi connectivity index (χ3n) is 4.94. The first-order valence-electron chi connectivity index (χ1n) is 10.1. The van der Waals surface area contributed by atoms with E-state index in [1.807, 2.05) is 32.2 Å². The van der Waals surface area contributed by atoms with Crippen LogP contribution in [0.1, 0.15) is 60.3 Å². The van der Waals surface area contributed by atoms with Crippen molar-refractivity contribution in [2.75, 3.05) is 29.4 Å². The van der Waals surface area contributed by atoms with Crippen molar-refractivity contribution in [2.24, 2.45) is 11.3 Å². The van der Waals surface area contributed by atoms with E-state index in [-0.39, 0.29) is 11.9 Å². The van der Waals surface area contributed by atoms with Gasteiger partial charge in [-0.3, -0.25) is 15.0 Å². The first kappa shape index (κ1) is 21.2. The van der Waals surface area contributed by atoms with Crippen molar-refractivity contribution in [1.29, 1.82) is 0 Å². The van der Waals surface area contributed by atoms with Gasteiger partial charge < -0.3 is 4.90 Å². The number of hydrogen-bond acceptors (Lipinski definition) is 4. The second-order valence-corrected chi connectivity index (χ2v) is 8.32. The molecule has 150 valence electrons. The molecule has 0 aromatic carbocycles. The first-order chi connectivity index (χ1) is 12.8. The maximum absolute atomic E-state index is 11.9. The molecule has 0 atom stereocenters. The summed E-state index contributed by atoms with van der Waals surface area (Å²) in [6.07, 6.45) is 5.87. The highest BCUT2D eigenvalue weighted by atomic mass is 16.2. The maximum Gasteiger partial charge on any atom is 0.329 e. The molecule has 2 aliphatic heterocycles. The summed E-state index contributed by atoms with van der Waals surface area (Å²) in [6.45, 7) is 13.4. The molecule has 0 radical (unpaired) electrons. The Morgan fingerprint density at radius 1 is 1.11 bits per heavy atom. The fourth-order valence-electron chi connectivity index (χ4n) is 3.77. The fourth-order valence-corrected chi connectivity index (χ4v) is 3.77. The topological polar surface area (TPSA) is 65.5 Å². The van der Waals surface area contributed by atoms with Gasteiger partial charge in [0.2, 0.25) is 5.91 Å². The number of aromatic nitrogens is 1. The molecule has 3 amide bonds. The van der Waals surface area contributed by atoms with Crippen LogP contribution in [0.15, 0.2) is 18.3 Å². The summed E-state index contributed by atoms with van der Waals surface area (Å²) in [4.78, 5) is 31.5. The summed E-state index contributed by atoms with van der Waals surface area (Å²) >= 11 is 0. The number of carbonyl (C=O) groups excluding carboxylic acids is 2. The van der Waals surface area contributed by atoms with E-state index in [0.717, 1.165) is 24.7 Å². The number of hydrogen-bond donors (Lipinski definition) is 1. The van der Waals surface area contributed by atoms with Gasteiger partial charge in [-0.1, -0.05) is 34.6 Å². The van der Waals surface area contributed by atoms with Crippen LogP contribution in [0.2, 0.25) is 0 Å². The summed E-state index contributed by atoms with van der Waals surface area (Å²) in [5.74, 6) is 1.17. The molecule has 3 heterocycles. The van der Waals surface area contributed by atoms with Crippen LogP contribution in [0.4, 0.5) is 16.3 Å². The van der Waals surface area contributed by atoms with E-state index >= 15 is 0 Å². The lowest BCUT2D eigenvalue weighted by Crippen LogP contribution is -2.49. The molecule has 0 unspecified atom stereocenters. The van der Waals surface area contributed by atoms with Crippen molar-refractivity contribution in [3.63, 3.8) is 0 Å². The molecule has 0 saturated carbocycles. The lowest BCUT2D eigenvalue weighted by molar-refractivity contribution is -0.120. The van der Waals surface area contributed by atoms with E-state index in [1.54, 1.807) is 0 Å². The Labute approximate surface area is 163 Å². The SMILES string of the molecule is CC.CC(C)(C)CC1CCN(c2ccc(N3CCC(=O)NC3=O)nc2)CC1. The van der Waals surface area contributed by atoms with E-state index in [9.17, 15) is 9.59 Å². The first-order valence-corrected chi connectivity index (χ1v) is 10.1. The second-order valence-electron chi connectivity index (χ2n) is 8.32. The summed E-state index contributed by atoms with van der Waals surface area (Å²) in [5, 5.41) is 2.33. The third-order valence-corrected chi connectivity index (χ3v) is 4.94. The molecule has 1 aromatic rings. The monoisotopic (exact) mass is 374 g/mol. The minimum Gasteiger partial charge on any atom is -0.370 e. The number of nitrogens with zero attached hydrogens (tertiary/aromatic N) is 3. The molecule has 6 nitrogen and oxygen atoms in total. The van der Waals surface area contributed by atoms with Crippen LogP contribution in [0, 0.1) is 11.3 Å². The Morgan fingerprint density at radius 3 is 2.30 bits per heavy atom. The predicted molar refractivity (Wildman–Crippen MR) is 110 cm³/mol. The number of amides is 3. The highest BCUT2D eigenvalue weighted by molar-refractivity contribution is 6.05. The molecule has 1 N–H and O–H groups in total. The van der Waals surface area contributed by atoms with Crippen LogP contribution < -0.4 is 15.1 Å². The molecule has 1 aromatic heterocycles. The average Bonchev–Trinajstić information content (AvgIpc) is 2.63. The van der Waals surface area contributed by atoms with Crippen molar-refractivity contribution < 1.29 is 9.59 Å². The van der Waals surface area contributed by atoms with Crippen LogP contribution in [0.3, 0.4) is 0 Å². The zero-order valence-electron chi connectivity index (χ0n) is 17.4. The number of rotatable bonds is 3. The van der Waals surface area contributed by atoms with E-state index < -0.39 is 0 Å². The van der Waals surface area contributed by atoms with Crippen molar-refractivity contribution >= 4 is 23.4 Å². The Hall–Kier alpha value is -2.11. The van der Waals surface area contributed by atoms with Crippen LogP contribution in [0.25, 0.3) is 0 Å². The number of anilines is 2. The summed E-state index contributed by atoms with van der Waals surface area (Å²) in [7, 11) is 0. The van der Waals surface area contributed by atoms with Gasteiger partial charge in [0.15, 0.2) is 0 Å². The molecule has 3 rings (SSSR count). The Balaban J connectivity index is 0.00000126. The molecule has 0 spiro atoms. The molecule has 2 saturated heterocycles. The fraction of sp³-hybridized carbons (Fsp3) is 0.667. The number of pyridine rings is 1. The number of piperidine rings is 1. The average molecular weight is 375 g/mol. The molecular formula is C21H34N4O2. The standard InChI is InChI=1S/C19H28N4O2.C2H6/c1-19(2,3)12-14-6-9-22(10-7-14)15-4-5-16(20-13-15)23-11-8-17(24)21-18(23)25;1-2/h4-5,13-14H,6-12H2,1-3H3,(H,21,24,25);1-2H3. The number of imide groups is 1. The molecule has 0 aliphatic carbocycles. The Kier molecular flexibility index (Phi) is 7.22. The van der Waals surface area contributed by atoms with Crippen LogP contribution in [0.5, 0.6) is 0 Å². The van der Waals surface area contributed by atoms with E-state index in [4.69, 9.17) is 0 Å². The predicted octanol–water partition coefficient (Wildman–Crippen LogP) is 4.21. The maximum atomic E-state index is 11.9. The van der Waals surface area contributed by atoms with E-state index in [0.29, 0.717) is 24.2 Å². The van der Waals surface area contributed by atoms with Gasteiger partial charge in [0, 0.05) is 26.1 Å². The molecule has 27 heavy (non-hydrogen) atoms. The van der Waals surface area contributed by atoms with Gasteiger partial charge in [-0.2, -0.15) is 0 Å². The Morgan fingerprint density at radius 2 is 1.78 bits per heavy atom. The minimum atomic E-state index is -0.389. The van der Waals surface area contributed by atoms with Gasteiger partial charge in [-0.05, 0) is 42.7 Å².